The normalized spacial score (nSPS) is 11.1. The van der Waals surface area contributed by atoms with Crippen molar-refractivity contribution in [1.29, 1.82) is 0 Å². The number of nitrogens with zero attached hydrogens (tertiary/aromatic N) is 3. The van der Waals surface area contributed by atoms with Gasteiger partial charge < -0.3 is 15.3 Å². The Kier molecular flexibility index (Phi) is 4.54. The Labute approximate surface area is 140 Å². The maximum atomic E-state index is 9.00. The molecule has 2 heterocycles. The van der Waals surface area contributed by atoms with Crippen LogP contribution >= 0.6 is 11.3 Å². The van der Waals surface area contributed by atoms with E-state index in [0.717, 1.165) is 28.6 Å². The molecular weight excluding hydrogens is 308 g/mol. The first-order chi connectivity index (χ1) is 11.1. The molecule has 0 aliphatic heterocycles. The van der Waals surface area contributed by atoms with E-state index in [1.54, 1.807) is 11.3 Å². The van der Waals surface area contributed by atoms with Gasteiger partial charge in [-0.1, -0.05) is 0 Å². The number of aromatic nitrogens is 2. The van der Waals surface area contributed by atoms with Gasteiger partial charge in [-0.15, -0.1) is 11.3 Å². The Morgan fingerprint density at radius 1 is 1.26 bits per heavy atom. The van der Waals surface area contributed by atoms with Gasteiger partial charge in [-0.2, -0.15) is 0 Å². The van der Waals surface area contributed by atoms with Crippen molar-refractivity contribution in [1.82, 2.24) is 9.38 Å². The lowest BCUT2D eigenvalue weighted by Gasteiger charge is -2.18. The van der Waals surface area contributed by atoms with E-state index in [2.05, 4.69) is 59.0 Å². The molecule has 2 N–H and O–H groups in total. The van der Waals surface area contributed by atoms with Crippen molar-refractivity contribution < 1.29 is 5.11 Å². The van der Waals surface area contributed by atoms with Crippen molar-refractivity contribution in [3.63, 3.8) is 0 Å². The van der Waals surface area contributed by atoms with Gasteiger partial charge in [0.2, 0.25) is 0 Å². The van der Waals surface area contributed by atoms with Crippen LogP contribution in [-0.2, 0) is 6.54 Å². The first-order valence-electron chi connectivity index (χ1n) is 7.68. The highest BCUT2D eigenvalue weighted by Crippen LogP contribution is 2.22. The zero-order valence-corrected chi connectivity index (χ0v) is 14.5. The number of nitrogens with one attached hydrogen (secondary N) is 1. The molecule has 2 aromatic heterocycles. The van der Waals surface area contributed by atoms with Crippen LogP contribution in [0.25, 0.3) is 4.96 Å². The molecule has 0 radical (unpaired) electrons. The first-order valence-corrected chi connectivity index (χ1v) is 8.50. The number of anilines is 2. The van der Waals surface area contributed by atoms with Gasteiger partial charge in [0.25, 0.3) is 0 Å². The second-order valence-corrected chi connectivity index (χ2v) is 6.90. The van der Waals surface area contributed by atoms with E-state index < -0.39 is 0 Å². The van der Waals surface area contributed by atoms with Crippen molar-refractivity contribution in [3.8, 4) is 0 Å². The quantitative estimate of drug-likeness (QED) is 0.729. The van der Waals surface area contributed by atoms with E-state index in [0.29, 0.717) is 6.54 Å². The third-order valence-corrected chi connectivity index (χ3v) is 4.84. The molecule has 0 unspecified atom stereocenters. The lowest BCUT2D eigenvalue weighted by Crippen LogP contribution is -2.20. The van der Waals surface area contributed by atoms with E-state index >= 15 is 0 Å². The van der Waals surface area contributed by atoms with Crippen LogP contribution in [0.1, 0.15) is 16.3 Å². The second-order valence-electron chi connectivity index (χ2n) is 5.68. The first kappa shape index (κ1) is 15.8. The lowest BCUT2D eigenvalue weighted by atomic mass is 10.2. The molecule has 3 rings (SSSR count). The van der Waals surface area contributed by atoms with E-state index in [9.17, 15) is 0 Å². The molecule has 0 amide bonds. The number of aliphatic hydroxyl groups excluding tert-OH is 1. The van der Waals surface area contributed by atoms with E-state index in [1.807, 2.05) is 11.9 Å². The fourth-order valence-electron chi connectivity index (χ4n) is 2.62. The number of aliphatic hydroxyl groups is 1. The predicted octanol–water partition coefficient (Wildman–Crippen LogP) is 3.05. The molecule has 0 fully saturated rings. The molecule has 122 valence electrons. The third-order valence-electron chi connectivity index (χ3n) is 3.94. The van der Waals surface area contributed by atoms with Crippen LogP contribution in [0.3, 0.4) is 0 Å². The number of rotatable bonds is 6. The molecular formula is C17H22N4OS. The zero-order valence-electron chi connectivity index (χ0n) is 13.7. The second kappa shape index (κ2) is 6.60. The summed E-state index contributed by atoms with van der Waals surface area (Å²) in [4.78, 5) is 8.97. The van der Waals surface area contributed by atoms with Crippen molar-refractivity contribution in [2.75, 3.05) is 30.4 Å². The smallest absolute Gasteiger partial charge is 0.194 e. The minimum atomic E-state index is 0.160. The largest absolute Gasteiger partial charge is 0.395 e. The predicted molar refractivity (Wildman–Crippen MR) is 96.7 cm³/mol. The summed E-state index contributed by atoms with van der Waals surface area (Å²) in [6.07, 6.45) is 2.14. The average Bonchev–Trinajstić information content (AvgIpc) is 3.01. The maximum Gasteiger partial charge on any atom is 0.194 e. The van der Waals surface area contributed by atoms with Gasteiger partial charge in [-0.25, -0.2) is 4.98 Å². The van der Waals surface area contributed by atoms with Gasteiger partial charge in [0, 0.05) is 36.0 Å². The molecule has 0 bridgehead atoms. The number of hydrogen-bond donors (Lipinski definition) is 2. The molecule has 5 nitrogen and oxygen atoms in total. The molecule has 0 saturated carbocycles. The van der Waals surface area contributed by atoms with E-state index in [4.69, 9.17) is 5.11 Å². The number of hydrogen-bond acceptors (Lipinski definition) is 5. The molecule has 23 heavy (non-hydrogen) atoms. The average molecular weight is 330 g/mol. The number of likely N-dealkylation sites (N-methyl/N-ethyl adjacent to an activating group) is 1. The summed E-state index contributed by atoms with van der Waals surface area (Å²) >= 11 is 1.72. The summed E-state index contributed by atoms with van der Waals surface area (Å²) in [5.74, 6) is 0. The van der Waals surface area contributed by atoms with Crippen molar-refractivity contribution in [2.45, 2.75) is 20.4 Å². The van der Waals surface area contributed by atoms with Crippen LogP contribution in [0, 0.1) is 13.8 Å². The molecule has 6 heteroatoms. The third kappa shape index (κ3) is 3.33. The summed E-state index contributed by atoms with van der Waals surface area (Å²) in [5, 5.41) is 12.5. The molecule has 0 aliphatic rings. The van der Waals surface area contributed by atoms with Crippen LogP contribution in [0.4, 0.5) is 11.4 Å². The van der Waals surface area contributed by atoms with Crippen LogP contribution < -0.4 is 10.2 Å². The van der Waals surface area contributed by atoms with Gasteiger partial charge in [0.15, 0.2) is 4.96 Å². The van der Waals surface area contributed by atoms with Gasteiger partial charge in [-0.05, 0) is 38.1 Å². The highest BCUT2D eigenvalue weighted by Gasteiger charge is 2.10. The summed E-state index contributed by atoms with van der Waals surface area (Å²) in [6.45, 7) is 5.70. The monoisotopic (exact) mass is 330 g/mol. The number of thiazole rings is 1. The Morgan fingerprint density at radius 2 is 2.00 bits per heavy atom. The molecule has 3 aromatic rings. The number of fused-ring (bicyclic) bond motifs is 1. The van der Waals surface area contributed by atoms with Crippen molar-refractivity contribution in [3.05, 3.63) is 46.7 Å². The Morgan fingerprint density at radius 3 is 2.70 bits per heavy atom. The van der Waals surface area contributed by atoms with Gasteiger partial charge in [0.05, 0.1) is 24.5 Å². The summed E-state index contributed by atoms with van der Waals surface area (Å²) in [6, 6.07) is 8.25. The standard InChI is InChI=1S/C17H22N4OS/c1-12-11-21-16(13(2)19-17(21)23-12)10-18-14-4-6-15(7-5-14)20(3)8-9-22/h4-7,11,18,22H,8-10H2,1-3H3. The fraction of sp³-hybridized carbons (Fsp3) is 0.353. The molecule has 0 spiro atoms. The molecule has 0 atom stereocenters. The van der Waals surface area contributed by atoms with Crippen LogP contribution in [0.2, 0.25) is 0 Å². The number of imidazole rings is 1. The number of benzene rings is 1. The van der Waals surface area contributed by atoms with Crippen LogP contribution in [0.5, 0.6) is 0 Å². The van der Waals surface area contributed by atoms with E-state index in [1.165, 1.54) is 10.6 Å². The Hall–Kier alpha value is -2.05. The van der Waals surface area contributed by atoms with E-state index in [-0.39, 0.29) is 6.61 Å². The summed E-state index contributed by atoms with van der Waals surface area (Å²) in [7, 11) is 1.98. The van der Waals surface area contributed by atoms with Gasteiger partial charge >= 0.3 is 0 Å². The van der Waals surface area contributed by atoms with Gasteiger partial charge in [0.1, 0.15) is 0 Å². The minimum Gasteiger partial charge on any atom is -0.395 e. The molecule has 0 aliphatic carbocycles. The highest BCUT2D eigenvalue weighted by atomic mass is 32.1. The topological polar surface area (TPSA) is 52.8 Å². The molecule has 1 aromatic carbocycles. The Bertz CT molecular complexity index is 791. The van der Waals surface area contributed by atoms with Crippen molar-refractivity contribution >= 4 is 27.7 Å². The minimum absolute atomic E-state index is 0.160. The zero-order chi connectivity index (χ0) is 16.4. The summed E-state index contributed by atoms with van der Waals surface area (Å²) in [5.41, 5.74) is 4.45. The lowest BCUT2D eigenvalue weighted by molar-refractivity contribution is 0.304. The molecule has 0 saturated heterocycles. The SMILES string of the molecule is Cc1cn2c(CNc3ccc(N(C)CCO)cc3)c(C)nc2s1. The van der Waals surface area contributed by atoms with Crippen LogP contribution in [-0.4, -0.2) is 34.7 Å². The Balaban J connectivity index is 1.71. The van der Waals surface area contributed by atoms with Gasteiger partial charge in [-0.3, -0.25) is 4.40 Å². The van der Waals surface area contributed by atoms with Crippen LogP contribution in [0.15, 0.2) is 30.5 Å². The fourth-order valence-corrected chi connectivity index (χ4v) is 3.51. The summed E-state index contributed by atoms with van der Waals surface area (Å²) < 4.78 is 2.17. The van der Waals surface area contributed by atoms with Crippen molar-refractivity contribution in [2.24, 2.45) is 0 Å². The maximum absolute atomic E-state index is 9.00. The number of aryl methyl sites for hydroxylation is 2. The highest BCUT2D eigenvalue weighted by molar-refractivity contribution is 7.17.